The Balaban J connectivity index is 1.84. The van der Waals surface area contributed by atoms with Gasteiger partial charge in [0.25, 0.3) is 0 Å². The molecule has 1 aromatic heterocycles. The summed E-state index contributed by atoms with van der Waals surface area (Å²) >= 11 is 0. The molecule has 2 aromatic carbocycles. The van der Waals surface area contributed by atoms with Crippen molar-refractivity contribution in [3.05, 3.63) is 84.2 Å². The van der Waals surface area contributed by atoms with Gasteiger partial charge in [0.1, 0.15) is 18.7 Å². The van der Waals surface area contributed by atoms with E-state index in [1.165, 1.54) is 12.6 Å². The van der Waals surface area contributed by atoms with Crippen molar-refractivity contribution >= 4 is 17.8 Å². The van der Waals surface area contributed by atoms with Gasteiger partial charge in [-0.1, -0.05) is 88.7 Å². The number of ether oxygens (including phenoxy) is 1. The molecule has 2 amide bonds. The van der Waals surface area contributed by atoms with Gasteiger partial charge in [-0.05, 0) is 40.2 Å². The number of aryl methyl sites for hydroxylation is 1. The normalized spacial score (nSPS) is 12.9. The van der Waals surface area contributed by atoms with E-state index < -0.39 is 29.4 Å². The number of amides is 2. The number of carbonyl (C=O) groups is 3. The molecule has 1 unspecified atom stereocenters. The maximum Gasteiger partial charge on any atom is 0.308 e. The van der Waals surface area contributed by atoms with Crippen LogP contribution in [0.2, 0.25) is 0 Å². The molecule has 2 atom stereocenters. The third-order valence-electron chi connectivity index (χ3n) is 6.47. The molecule has 202 valence electrons. The third-order valence-corrected chi connectivity index (χ3v) is 6.47. The van der Waals surface area contributed by atoms with Crippen molar-refractivity contribution in [2.24, 2.45) is 5.41 Å². The molecule has 2 N–H and O–H groups in total. The van der Waals surface area contributed by atoms with Crippen LogP contribution in [0.4, 0.5) is 0 Å². The smallest absolute Gasteiger partial charge is 0.308 e. The lowest BCUT2D eigenvalue weighted by atomic mass is 9.86. The van der Waals surface area contributed by atoms with Crippen molar-refractivity contribution in [3.63, 3.8) is 0 Å². The molecule has 0 radical (unpaired) electrons. The Bertz CT molecular complexity index is 1210. The summed E-state index contributed by atoms with van der Waals surface area (Å²) in [4.78, 5) is 39.0. The number of hydrogen-bond acceptors (Lipinski definition) is 4. The second kappa shape index (κ2) is 13.1. The number of rotatable bonds is 11. The summed E-state index contributed by atoms with van der Waals surface area (Å²) in [6.07, 6.45) is 5.58. The fraction of sp³-hybridized carbons (Fsp3) is 0.387. The van der Waals surface area contributed by atoms with E-state index in [0.717, 1.165) is 29.5 Å². The second-order valence-electron chi connectivity index (χ2n) is 10.6. The molecule has 0 spiro atoms. The lowest BCUT2D eigenvalue weighted by Crippen LogP contribution is -2.54. The Hall–Kier alpha value is -3.87. The monoisotopic (exact) mass is 517 g/mol. The van der Waals surface area contributed by atoms with Gasteiger partial charge in [0, 0.05) is 19.4 Å². The number of carbonyl (C=O) groups excluding carboxylic acids is 3. The minimum Gasteiger partial charge on any atom is -0.461 e. The summed E-state index contributed by atoms with van der Waals surface area (Å²) in [7, 11) is 1.54. The number of benzene rings is 2. The molecule has 7 heteroatoms. The van der Waals surface area contributed by atoms with E-state index in [0.29, 0.717) is 0 Å². The summed E-state index contributed by atoms with van der Waals surface area (Å²) in [5.74, 6) is -1.22. The lowest BCUT2D eigenvalue weighted by Gasteiger charge is -2.31. The molecule has 0 aliphatic rings. The van der Waals surface area contributed by atoms with E-state index in [-0.39, 0.29) is 18.9 Å². The molecule has 38 heavy (non-hydrogen) atoms. The molecule has 0 aliphatic carbocycles. The molecular weight excluding hydrogens is 478 g/mol. The molecular formula is C31H39N3O4. The number of nitrogens with zero attached hydrogens (tertiary/aromatic N) is 1. The molecule has 3 aromatic rings. The summed E-state index contributed by atoms with van der Waals surface area (Å²) < 4.78 is 7.21. The number of esters is 1. The summed E-state index contributed by atoms with van der Waals surface area (Å²) in [6.45, 7) is 7.92. The third kappa shape index (κ3) is 7.81. The van der Waals surface area contributed by atoms with Crippen molar-refractivity contribution in [2.45, 2.75) is 65.6 Å². The topological polar surface area (TPSA) is 89.4 Å². The van der Waals surface area contributed by atoms with Gasteiger partial charge in [0.2, 0.25) is 11.8 Å². The Morgan fingerprint density at radius 2 is 1.58 bits per heavy atom. The summed E-state index contributed by atoms with van der Waals surface area (Å²) in [6, 6.07) is 18.0. The fourth-order valence-corrected chi connectivity index (χ4v) is 4.28. The van der Waals surface area contributed by atoms with Gasteiger partial charge in [-0.2, -0.15) is 0 Å². The SMILES string of the molecule is CCCc1ccc(-c2ccn(C(CC(=O)OCc3ccccc3)C(=O)N[C@H](C(=O)NC)C(C)(C)C)c2)cc1. The predicted octanol–water partition coefficient (Wildman–Crippen LogP) is 5.06. The van der Waals surface area contributed by atoms with E-state index in [1.807, 2.05) is 63.4 Å². The van der Waals surface area contributed by atoms with E-state index in [4.69, 9.17) is 4.74 Å². The van der Waals surface area contributed by atoms with Crippen molar-refractivity contribution < 1.29 is 19.1 Å². The second-order valence-corrected chi connectivity index (χ2v) is 10.6. The van der Waals surface area contributed by atoms with Crippen molar-refractivity contribution in [1.29, 1.82) is 0 Å². The minimum atomic E-state index is -0.888. The van der Waals surface area contributed by atoms with E-state index in [2.05, 4.69) is 41.8 Å². The molecule has 3 rings (SSSR count). The van der Waals surface area contributed by atoms with Crippen molar-refractivity contribution in [3.8, 4) is 11.1 Å². The van der Waals surface area contributed by atoms with E-state index in [1.54, 1.807) is 10.8 Å². The van der Waals surface area contributed by atoms with Gasteiger partial charge < -0.3 is 19.9 Å². The predicted molar refractivity (Wildman–Crippen MR) is 149 cm³/mol. The number of aromatic nitrogens is 1. The zero-order valence-electron chi connectivity index (χ0n) is 23.0. The van der Waals surface area contributed by atoms with Crippen LogP contribution in [0, 0.1) is 5.41 Å². The highest BCUT2D eigenvalue weighted by molar-refractivity contribution is 5.91. The summed E-state index contributed by atoms with van der Waals surface area (Å²) in [5.41, 5.74) is 3.56. The highest BCUT2D eigenvalue weighted by Gasteiger charge is 2.35. The standard InChI is InChI=1S/C31H39N3O4/c1-6-10-22-13-15-24(16-14-22)25-17-18-34(20-25)26(19-27(35)38-21-23-11-8-7-9-12-23)29(36)33-28(30(37)32-5)31(2,3)4/h7-9,11-18,20,26,28H,6,10,19,21H2,1-5H3,(H,32,37)(H,33,36)/t26?,28-/m1/s1. The van der Waals surface area contributed by atoms with Crippen LogP contribution in [0.1, 0.15) is 57.7 Å². The molecule has 0 aliphatic heterocycles. The van der Waals surface area contributed by atoms with Crippen LogP contribution in [-0.2, 0) is 32.1 Å². The van der Waals surface area contributed by atoms with E-state index in [9.17, 15) is 14.4 Å². The first-order valence-electron chi connectivity index (χ1n) is 13.1. The van der Waals surface area contributed by atoms with Crippen LogP contribution in [0.25, 0.3) is 11.1 Å². The zero-order chi connectivity index (χ0) is 27.7. The summed E-state index contributed by atoms with van der Waals surface area (Å²) in [5, 5.41) is 5.50. The Morgan fingerprint density at radius 3 is 2.18 bits per heavy atom. The van der Waals surface area contributed by atoms with Gasteiger partial charge in [-0.15, -0.1) is 0 Å². The molecule has 1 heterocycles. The average molecular weight is 518 g/mol. The molecule has 0 fully saturated rings. The fourth-order valence-electron chi connectivity index (χ4n) is 4.28. The van der Waals surface area contributed by atoms with Gasteiger partial charge in [0.05, 0.1) is 6.42 Å². The van der Waals surface area contributed by atoms with Gasteiger partial charge in [-0.25, -0.2) is 0 Å². The highest BCUT2D eigenvalue weighted by Crippen LogP contribution is 2.26. The molecule has 0 bridgehead atoms. The van der Waals surface area contributed by atoms with Crippen LogP contribution in [0.15, 0.2) is 73.1 Å². The number of nitrogens with one attached hydrogen (secondary N) is 2. The highest BCUT2D eigenvalue weighted by atomic mass is 16.5. The van der Waals surface area contributed by atoms with Crippen LogP contribution in [0.3, 0.4) is 0 Å². The van der Waals surface area contributed by atoms with Gasteiger partial charge in [-0.3, -0.25) is 14.4 Å². The van der Waals surface area contributed by atoms with E-state index >= 15 is 0 Å². The minimum absolute atomic E-state index is 0.123. The van der Waals surface area contributed by atoms with Crippen molar-refractivity contribution in [2.75, 3.05) is 7.05 Å². The molecule has 0 saturated heterocycles. The van der Waals surface area contributed by atoms with Crippen molar-refractivity contribution in [1.82, 2.24) is 15.2 Å². The Labute approximate surface area is 225 Å². The average Bonchev–Trinajstić information content (AvgIpc) is 3.39. The largest absolute Gasteiger partial charge is 0.461 e. The molecule has 0 saturated carbocycles. The zero-order valence-corrected chi connectivity index (χ0v) is 23.0. The maximum absolute atomic E-state index is 13.6. The first-order valence-corrected chi connectivity index (χ1v) is 13.1. The Morgan fingerprint density at radius 1 is 0.895 bits per heavy atom. The maximum atomic E-state index is 13.6. The Kier molecular flexibility index (Phi) is 9.88. The van der Waals surface area contributed by atoms with Crippen LogP contribution >= 0.6 is 0 Å². The lowest BCUT2D eigenvalue weighted by molar-refractivity contribution is -0.148. The molecule has 7 nitrogen and oxygen atoms in total. The first-order chi connectivity index (χ1) is 18.1. The van der Waals surface area contributed by atoms with Crippen LogP contribution < -0.4 is 10.6 Å². The number of hydrogen-bond donors (Lipinski definition) is 2. The van der Waals surface area contributed by atoms with Crippen LogP contribution in [-0.4, -0.2) is 35.4 Å². The van der Waals surface area contributed by atoms with Gasteiger partial charge >= 0.3 is 5.97 Å². The van der Waals surface area contributed by atoms with Crippen LogP contribution in [0.5, 0.6) is 0 Å². The van der Waals surface area contributed by atoms with Gasteiger partial charge in [0.15, 0.2) is 0 Å². The first kappa shape index (κ1) is 28.7. The quantitative estimate of drug-likeness (QED) is 0.348. The number of likely N-dealkylation sites (N-methyl/N-ethyl adjacent to an activating group) is 1.